The summed E-state index contributed by atoms with van der Waals surface area (Å²) >= 11 is 0. The van der Waals surface area contributed by atoms with Crippen molar-refractivity contribution in [2.45, 2.75) is 44.9 Å². The van der Waals surface area contributed by atoms with Crippen LogP contribution in [-0.4, -0.2) is 34.6 Å². The van der Waals surface area contributed by atoms with Gasteiger partial charge in [0.15, 0.2) is 11.5 Å². The topological polar surface area (TPSA) is 68.2 Å². The van der Waals surface area contributed by atoms with Crippen LogP contribution in [0.1, 0.15) is 37.9 Å². The molecule has 6 heteroatoms. The van der Waals surface area contributed by atoms with Gasteiger partial charge in [0, 0.05) is 12.1 Å². The fourth-order valence-corrected chi connectivity index (χ4v) is 3.64. The van der Waals surface area contributed by atoms with Crippen molar-refractivity contribution >= 4 is 6.09 Å². The van der Waals surface area contributed by atoms with E-state index in [9.17, 15) is 9.90 Å². The molecule has 0 fully saturated rings. The predicted octanol–water partition coefficient (Wildman–Crippen LogP) is 4.19. The molecule has 2 atom stereocenters. The molecule has 2 aromatic rings. The van der Waals surface area contributed by atoms with E-state index in [1.165, 1.54) is 0 Å². The minimum absolute atomic E-state index is 0.209. The van der Waals surface area contributed by atoms with Crippen molar-refractivity contribution in [2.75, 3.05) is 6.79 Å². The molecule has 0 saturated heterocycles. The molecule has 0 radical (unpaired) electrons. The van der Waals surface area contributed by atoms with Gasteiger partial charge in [-0.3, -0.25) is 4.90 Å². The smallest absolute Gasteiger partial charge is 0.415 e. The highest BCUT2D eigenvalue weighted by Crippen LogP contribution is 2.39. The Morgan fingerprint density at radius 1 is 1.14 bits per heavy atom. The van der Waals surface area contributed by atoms with Gasteiger partial charge in [0.2, 0.25) is 6.79 Å². The maximum absolute atomic E-state index is 13.1. The predicted molar refractivity (Wildman–Crippen MR) is 108 cm³/mol. The highest BCUT2D eigenvalue weighted by Gasteiger charge is 2.40. The Balaban J connectivity index is 1.65. The molecular weight excluding hydrogens is 370 g/mol. The van der Waals surface area contributed by atoms with Crippen LogP contribution in [0.2, 0.25) is 0 Å². The van der Waals surface area contributed by atoms with E-state index in [1.54, 1.807) is 11.0 Å². The van der Waals surface area contributed by atoms with Crippen LogP contribution in [0.5, 0.6) is 11.5 Å². The van der Waals surface area contributed by atoms with E-state index < -0.39 is 23.8 Å². The number of aliphatic hydroxyl groups excluding tert-OH is 1. The van der Waals surface area contributed by atoms with Gasteiger partial charge in [-0.1, -0.05) is 36.4 Å². The standard InChI is InChI=1S/C23H25NO5/c1-23(2,3)29-22(26)24-17(11-15-9-10-19-20(12-15)28-14-27-19)13-18(25)21(24)16-7-5-4-6-8-16/h4-10,12-13,18,21,25H,11,14H2,1-3H3/t18-,21+/m1/s1. The second kappa shape index (κ2) is 7.44. The molecule has 6 nitrogen and oxygen atoms in total. The fourth-order valence-electron chi connectivity index (χ4n) is 3.64. The summed E-state index contributed by atoms with van der Waals surface area (Å²) < 4.78 is 16.5. The third kappa shape index (κ3) is 4.07. The van der Waals surface area contributed by atoms with Gasteiger partial charge in [-0.25, -0.2) is 4.79 Å². The maximum atomic E-state index is 13.1. The first-order valence-electron chi connectivity index (χ1n) is 9.66. The normalized spacial score (nSPS) is 20.6. The summed E-state index contributed by atoms with van der Waals surface area (Å²) in [7, 11) is 0. The second-order valence-corrected chi connectivity index (χ2v) is 8.22. The molecule has 0 unspecified atom stereocenters. The van der Waals surface area contributed by atoms with E-state index in [-0.39, 0.29) is 6.79 Å². The Kier molecular flexibility index (Phi) is 4.96. The van der Waals surface area contributed by atoms with Crippen molar-refractivity contribution in [3.8, 4) is 11.5 Å². The van der Waals surface area contributed by atoms with Crippen LogP contribution in [0.3, 0.4) is 0 Å². The lowest BCUT2D eigenvalue weighted by Crippen LogP contribution is -2.39. The number of ether oxygens (including phenoxy) is 3. The van der Waals surface area contributed by atoms with E-state index in [1.807, 2.05) is 69.3 Å². The van der Waals surface area contributed by atoms with E-state index in [0.717, 1.165) is 11.1 Å². The summed E-state index contributed by atoms with van der Waals surface area (Å²) in [4.78, 5) is 14.7. The van der Waals surface area contributed by atoms with Crippen molar-refractivity contribution in [3.63, 3.8) is 0 Å². The zero-order valence-corrected chi connectivity index (χ0v) is 16.8. The monoisotopic (exact) mass is 395 g/mol. The minimum atomic E-state index is -0.825. The summed E-state index contributed by atoms with van der Waals surface area (Å²) in [5, 5.41) is 10.8. The van der Waals surface area contributed by atoms with Gasteiger partial charge in [-0.15, -0.1) is 0 Å². The summed E-state index contributed by atoms with van der Waals surface area (Å²) in [6.07, 6.45) is 0.881. The summed E-state index contributed by atoms with van der Waals surface area (Å²) in [5.74, 6) is 1.39. The van der Waals surface area contributed by atoms with Gasteiger partial charge in [0.1, 0.15) is 5.60 Å². The Hall–Kier alpha value is -2.99. The molecule has 0 aliphatic carbocycles. The number of carbonyl (C=O) groups excluding carboxylic acids is 1. The molecule has 0 spiro atoms. The lowest BCUT2D eigenvalue weighted by atomic mass is 10.0. The third-order valence-electron chi connectivity index (χ3n) is 4.83. The minimum Gasteiger partial charge on any atom is -0.454 e. The van der Waals surface area contributed by atoms with Gasteiger partial charge < -0.3 is 19.3 Å². The van der Waals surface area contributed by atoms with Crippen molar-refractivity contribution in [3.05, 3.63) is 71.4 Å². The number of benzene rings is 2. The molecule has 2 aromatic carbocycles. The zero-order chi connectivity index (χ0) is 20.6. The molecule has 1 N–H and O–H groups in total. The molecule has 2 aliphatic heterocycles. The zero-order valence-electron chi connectivity index (χ0n) is 16.8. The summed E-state index contributed by atoms with van der Waals surface area (Å²) in [6, 6.07) is 14.7. The molecule has 152 valence electrons. The second-order valence-electron chi connectivity index (χ2n) is 8.22. The molecule has 0 bridgehead atoms. The van der Waals surface area contributed by atoms with Crippen LogP contribution in [0.15, 0.2) is 60.3 Å². The number of nitrogens with zero attached hydrogens (tertiary/aromatic N) is 1. The van der Waals surface area contributed by atoms with Crippen molar-refractivity contribution in [1.82, 2.24) is 4.90 Å². The number of amides is 1. The first kappa shape index (κ1) is 19.3. The number of fused-ring (bicyclic) bond motifs is 1. The van der Waals surface area contributed by atoms with Gasteiger partial charge in [0.05, 0.1) is 12.1 Å². The third-order valence-corrected chi connectivity index (χ3v) is 4.83. The first-order valence-corrected chi connectivity index (χ1v) is 9.66. The van der Waals surface area contributed by atoms with Crippen LogP contribution in [0.25, 0.3) is 0 Å². The summed E-state index contributed by atoms with van der Waals surface area (Å²) in [5.41, 5.74) is 1.85. The average Bonchev–Trinajstić information content (AvgIpc) is 3.24. The molecule has 29 heavy (non-hydrogen) atoms. The number of allylic oxidation sites excluding steroid dienone is 1. The number of aliphatic hydroxyl groups is 1. The lowest BCUT2D eigenvalue weighted by Gasteiger charge is -2.32. The Labute approximate surface area is 170 Å². The van der Waals surface area contributed by atoms with Crippen LogP contribution in [0.4, 0.5) is 4.79 Å². The number of hydrogen-bond donors (Lipinski definition) is 1. The Bertz CT molecular complexity index is 932. The highest BCUT2D eigenvalue weighted by molar-refractivity contribution is 5.72. The fraction of sp³-hybridized carbons (Fsp3) is 0.348. The average molecular weight is 395 g/mol. The van der Waals surface area contributed by atoms with Crippen LogP contribution >= 0.6 is 0 Å². The molecular formula is C23H25NO5. The van der Waals surface area contributed by atoms with Crippen molar-refractivity contribution in [1.29, 1.82) is 0 Å². The van der Waals surface area contributed by atoms with E-state index in [2.05, 4.69) is 0 Å². The molecule has 0 saturated carbocycles. The highest BCUT2D eigenvalue weighted by atomic mass is 16.7. The van der Waals surface area contributed by atoms with Crippen molar-refractivity contribution < 1.29 is 24.1 Å². The number of rotatable bonds is 3. The Morgan fingerprint density at radius 2 is 1.86 bits per heavy atom. The molecule has 1 amide bonds. The van der Waals surface area contributed by atoms with Crippen molar-refractivity contribution in [2.24, 2.45) is 0 Å². The molecule has 2 aliphatic rings. The summed E-state index contributed by atoms with van der Waals surface area (Å²) in [6.45, 7) is 5.70. The van der Waals surface area contributed by atoms with Gasteiger partial charge >= 0.3 is 6.09 Å². The molecule has 2 heterocycles. The van der Waals surface area contributed by atoms with Crippen LogP contribution in [0, 0.1) is 0 Å². The molecule has 4 rings (SSSR count). The maximum Gasteiger partial charge on any atom is 0.415 e. The first-order chi connectivity index (χ1) is 13.8. The van der Waals surface area contributed by atoms with E-state index >= 15 is 0 Å². The Morgan fingerprint density at radius 3 is 2.59 bits per heavy atom. The number of hydrogen-bond acceptors (Lipinski definition) is 5. The largest absolute Gasteiger partial charge is 0.454 e. The van der Waals surface area contributed by atoms with E-state index in [4.69, 9.17) is 14.2 Å². The van der Waals surface area contributed by atoms with Gasteiger partial charge in [-0.05, 0) is 50.1 Å². The van der Waals surface area contributed by atoms with Gasteiger partial charge in [-0.2, -0.15) is 0 Å². The van der Waals surface area contributed by atoms with E-state index in [0.29, 0.717) is 23.6 Å². The quantitative estimate of drug-likeness (QED) is 0.844. The van der Waals surface area contributed by atoms with Crippen LogP contribution < -0.4 is 9.47 Å². The molecule has 0 aromatic heterocycles. The van der Waals surface area contributed by atoms with Crippen LogP contribution in [-0.2, 0) is 11.2 Å². The lowest BCUT2D eigenvalue weighted by molar-refractivity contribution is 0.0171. The SMILES string of the molecule is CC(C)(C)OC(=O)N1C(Cc2ccc3c(c2)OCO3)=C[C@@H](O)[C@@H]1c1ccccc1. The number of carbonyl (C=O) groups is 1. The van der Waals surface area contributed by atoms with Gasteiger partial charge in [0.25, 0.3) is 0 Å².